The summed E-state index contributed by atoms with van der Waals surface area (Å²) < 4.78 is 4.74. The van der Waals surface area contributed by atoms with Crippen molar-refractivity contribution in [2.75, 3.05) is 6.61 Å². The second-order valence-corrected chi connectivity index (χ2v) is 1.75. The fraction of sp³-hybridized carbons (Fsp3) is 0.333. The summed E-state index contributed by atoms with van der Waals surface area (Å²) in [6, 6.07) is 0. The van der Waals surface area contributed by atoms with E-state index in [1.165, 1.54) is 6.26 Å². The summed E-state index contributed by atoms with van der Waals surface area (Å²) >= 11 is 0. The fourth-order valence-corrected chi connectivity index (χ4v) is 0.644. The number of aldehydes is 1. The molecule has 0 aromatic rings. The van der Waals surface area contributed by atoms with Crippen LogP contribution in [-0.4, -0.2) is 18.7 Å². The minimum absolute atomic E-state index is 0.306. The first-order valence-corrected chi connectivity index (χ1v) is 2.65. The summed E-state index contributed by atoms with van der Waals surface area (Å²) in [5.41, 5.74) is 0.477. The van der Waals surface area contributed by atoms with Crippen LogP contribution in [0.4, 0.5) is 0 Å². The van der Waals surface area contributed by atoms with Crippen molar-refractivity contribution >= 4 is 12.1 Å². The molecule has 1 aliphatic rings. The Morgan fingerprint density at radius 1 is 1.78 bits per heavy atom. The fourth-order valence-electron chi connectivity index (χ4n) is 0.644. The van der Waals surface area contributed by atoms with Crippen LogP contribution >= 0.6 is 0 Å². The second-order valence-electron chi connectivity index (χ2n) is 1.75. The summed E-state index contributed by atoms with van der Waals surface area (Å²) in [5.74, 6) is -0.465. The number of carbonyl (C=O) groups excluding carboxylic acids is 2. The molecule has 1 rings (SSSR count). The van der Waals surface area contributed by atoms with E-state index < -0.39 is 5.78 Å². The quantitative estimate of drug-likeness (QED) is 0.388. The molecule has 3 heteroatoms. The SMILES string of the molecule is O=CC(=O)C1=COCC1. The smallest absolute Gasteiger partial charge is 0.224 e. The van der Waals surface area contributed by atoms with Crippen molar-refractivity contribution in [1.29, 1.82) is 0 Å². The molecule has 0 aromatic heterocycles. The predicted molar refractivity (Wildman–Crippen MR) is 29.7 cm³/mol. The first-order valence-electron chi connectivity index (χ1n) is 2.65. The van der Waals surface area contributed by atoms with Crippen molar-refractivity contribution in [1.82, 2.24) is 0 Å². The lowest BCUT2D eigenvalue weighted by Crippen LogP contribution is -2.00. The number of ether oxygens (including phenoxy) is 1. The predicted octanol–water partition coefficient (Wildman–Crippen LogP) is 0.0586. The van der Waals surface area contributed by atoms with Gasteiger partial charge in [0, 0.05) is 12.0 Å². The Kier molecular flexibility index (Phi) is 1.63. The van der Waals surface area contributed by atoms with Gasteiger partial charge in [0.2, 0.25) is 5.78 Å². The van der Waals surface area contributed by atoms with E-state index >= 15 is 0 Å². The Balaban J connectivity index is 2.61. The van der Waals surface area contributed by atoms with Gasteiger partial charge in [-0.25, -0.2) is 0 Å². The topological polar surface area (TPSA) is 43.4 Å². The van der Waals surface area contributed by atoms with E-state index in [0.29, 0.717) is 24.9 Å². The summed E-state index contributed by atoms with van der Waals surface area (Å²) in [7, 11) is 0. The molecule has 0 fully saturated rings. The Hall–Kier alpha value is -1.12. The van der Waals surface area contributed by atoms with Gasteiger partial charge in [0.05, 0.1) is 12.9 Å². The summed E-state index contributed by atoms with van der Waals surface area (Å²) in [5, 5.41) is 0. The van der Waals surface area contributed by atoms with Gasteiger partial charge in [0.25, 0.3) is 0 Å². The van der Waals surface area contributed by atoms with E-state index in [0.717, 1.165) is 0 Å². The molecule has 0 amide bonds. The monoisotopic (exact) mass is 126 g/mol. The molecule has 3 nitrogen and oxygen atoms in total. The van der Waals surface area contributed by atoms with Crippen LogP contribution in [0.3, 0.4) is 0 Å². The Morgan fingerprint density at radius 2 is 2.56 bits per heavy atom. The van der Waals surface area contributed by atoms with Gasteiger partial charge in [0.1, 0.15) is 0 Å². The minimum atomic E-state index is -0.465. The van der Waals surface area contributed by atoms with Crippen LogP contribution in [0.25, 0.3) is 0 Å². The number of Topliss-reactive ketones (excluding diaryl/α,β-unsaturated/α-hetero) is 1. The lowest BCUT2D eigenvalue weighted by atomic mass is 10.2. The van der Waals surface area contributed by atoms with E-state index in [-0.39, 0.29) is 0 Å². The van der Waals surface area contributed by atoms with Gasteiger partial charge in [-0.1, -0.05) is 0 Å². The number of hydrogen-bond donors (Lipinski definition) is 0. The highest BCUT2D eigenvalue weighted by molar-refractivity contribution is 6.33. The third-order valence-corrected chi connectivity index (χ3v) is 1.14. The molecule has 1 heterocycles. The second kappa shape index (κ2) is 2.44. The van der Waals surface area contributed by atoms with E-state index in [9.17, 15) is 9.59 Å². The normalized spacial score (nSPS) is 16.2. The molecule has 0 N–H and O–H groups in total. The zero-order valence-corrected chi connectivity index (χ0v) is 4.79. The molecule has 0 spiro atoms. The van der Waals surface area contributed by atoms with Crippen LogP contribution in [-0.2, 0) is 14.3 Å². The van der Waals surface area contributed by atoms with Crippen molar-refractivity contribution in [3.05, 3.63) is 11.8 Å². The first-order chi connectivity index (χ1) is 4.34. The van der Waals surface area contributed by atoms with Crippen LogP contribution in [0.15, 0.2) is 11.8 Å². The van der Waals surface area contributed by atoms with Gasteiger partial charge in [-0.05, 0) is 0 Å². The van der Waals surface area contributed by atoms with Crippen LogP contribution in [0, 0.1) is 0 Å². The molecule has 0 aliphatic carbocycles. The first kappa shape index (κ1) is 6.01. The minimum Gasteiger partial charge on any atom is -0.500 e. The molecule has 0 aromatic carbocycles. The Bertz CT molecular complexity index is 169. The molecular weight excluding hydrogens is 120 g/mol. The zero-order valence-electron chi connectivity index (χ0n) is 4.79. The third kappa shape index (κ3) is 1.16. The maximum Gasteiger partial charge on any atom is 0.224 e. The lowest BCUT2D eigenvalue weighted by Gasteiger charge is -1.84. The van der Waals surface area contributed by atoms with Crippen molar-refractivity contribution < 1.29 is 14.3 Å². The largest absolute Gasteiger partial charge is 0.500 e. The number of hydrogen-bond acceptors (Lipinski definition) is 3. The molecular formula is C6H6O3. The van der Waals surface area contributed by atoms with E-state index in [2.05, 4.69) is 0 Å². The molecule has 0 radical (unpaired) electrons. The van der Waals surface area contributed by atoms with Crippen molar-refractivity contribution in [2.45, 2.75) is 6.42 Å². The molecule has 9 heavy (non-hydrogen) atoms. The molecule has 1 aliphatic heterocycles. The van der Waals surface area contributed by atoms with Gasteiger partial charge in [-0.15, -0.1) is 0 Å². The van der Waals surface area contributed by atoms with Gasteiger partial charge in [-0.2, -0.15) is 0 Å². The van der Waals surface area contributed by atoms with Crippen LogP contribution in [0.2, 0.25) is 0 Å². The zero-order chi connectivity index (χ0) is 6.69. The molecule has 0 saturated carbocycles. The maximum atomic E-state index is 10.5. The van der Waals surface area contributed by atoms with Gasteiger partial charge < -0.3 is 4.74 Å². The highest BCUT2D eigenvalue weighted by atomic mass is 16.5. The number of rotatable bonds is 2. The van der Waals surface area contributed by atoms with E-state index in [1.54, 1.807) is 0 Å². The molecule has 0 atom stereocenters. The van der Waals surface area contributed by atoms with Gasteiger partial charge >= 0.3 is 0 Å². The highest BCUT2D eigenvalue weighted by Crippen LogP contribution is 2.09. The third-order valence-electron chi connectivity index (χ3n) is 1.14. The average Bonchev–Trinajstić information content (AvgIpc) is 2.37. The number of carbonyl (C=O) groups is 2. The summed E-state index contributed by atoms with van der Waals surface area (Å²) in [6.45, 7) is 0.523. The molecule has 0 unspecified atom stereocenters. The highest BCUT2D eigenvalue weighted by Gasteiger charge is 2.12. The average molecular weight is 126 g/mol. The lowest BCUT2D eigenvalue weighted by molar-refractivity contribution is -0.127. The van der Waals surface area contributed by atoms with Crippen LogP contribution in [0.5, 0.6) is 0 Å². The van der Waals surface area contributed by atoms with Gasteiger partial charge in [0.15, 0.2) is 6.29 Å². The maximum absolute atomic E-state index is 10.5. The van der Waals surface area contributed by atoms with Crippen molar-refractivity contribution in [3.8, 4) is 0 Å². The van der Waals surface area contributed by atoms with E-state index in [1.807, 2.05) is 0 Å². The Labute approximate surface area is 52.3 Å². The standard InChI is InChI=1S/C6H6O3/c7-3-6(8)5-1-2-9-4-5/h3-4H,1-2H2. The molecule has 0 bridgehead atoms. The van der Waals surface area contributed by atoms with Gasteiger partial charge in [-0.3, -0.25) is 9.59 Å². The Morgan fingerprint density at radius 3 is 3.00 bits per heavy atom. The van der Waals surface area contributed by atoms with Crippen molar-refractivity contribution in [2.24, 2.45) is 0 Å². The molecule has 0 saturated heterocycles. The van der Waals surface area contributed by atoms with Crippen LogP contribution in [0.1, 0.15) is 6.42 Å². The summed E-state index contributed by atoms with van der Waals surface area (Å²) in [4.78, 5) is 20.3. The van der Waals surface area contributed by atoms with Crippen LogP contribution < -0.4 is 0 Å². The van der Waals surface area contributed by atoms with E-state index in [4.69, 9.17) is 4.74 Å². The van der Waals surface area contributed by atoms with Crippen molar-refractivity contribution in [3.63, 3.8) is 0 Å². The number of ketones is 1. The summed E-state index contributed by atoms with van der Waals surface area (Å²) in [6.07, 6.45) is 2.22. The molecule has 48 valence electrons.